The largest absolute Gasteiger partial charge is 0.392 e. The van der Waals surface area contributed by atoms with Crippen molar-refractivity contribution in [3.05, 3.63) is 71.8 Å². The smallest absolute Gasteiger partial charge is 0.0679 e. The Kier molecular flexibility index (Phi) is 6.20. The van der Waals surface area contributed by atoms with Gasteiger partial charge in [0.15, 0.2) is 0 Å². The van der Waals surface area contributed by atoms with Crippen LogP contribution in [0, 0.1) is 0 Å². The van der Waals surface area contributed by atoms with Gasteiger partial charge in [-0.2, -0.15) is 0 Å². The first kappa shape index (κ1) is 18.6. The Hall–Kier alpha value is -1.72. The van der Waals surface area contributed by atoms with E-state index in [-0.39, 0.29) is 6.10 Å². The highest BCUT2D eigenvalue weighted by atomic mass is 16.3. The van der Waals surface area contributed by atoms with Gasteiger partial charge in [-0.1, -0.05) is 60.7 Å². The molecule has 4 rings (SSSR count). The van der Waals surface area contributed by atoms with Crippen molar-refractivity contribution in [1.82, 2.24) is 14.7 Å². The molecule has 0 aliphatic carbocycles. The normalized spacial score (nSPS) is 25.1. The molecule has 0 spiro atoms. The maximum absolute atomic E-state index is 9.91. The third-order valence-electron chi connectivity index (χ3n) is 5.88. The van der Waals surface area contributed by atoms with E-state index in [4.69, 9.17) is 0 Å². The van der Waals surface area contributed by atoms with Gasteiger partial charge in [-0.15, -0.1) is 0 Å². The molecule has 2 atom stereocenters. The highest BCUT2D eigenvalue weighted by Gasteiger charge is 2.30. The first-order valence-corrected chi connectivity index (χ1v) is 10.2. The van der Waals surface area contributed by atoms with E-state index in [0.717, 1.165) is 58.8 Å². The Balaban J connectivity index is 1.42. The van der Waals surface area contributed by atoms with E-state index in [1.807, 2.05) is 0 Å². The van der Waals surface area contributed by atoms with Gasteiger partial charge in [0.2, 0.25) is 0 Å². The Morgan fingerprint density at radius 2 is 1.41 bits per heavy atom. The first-order chi connectivity index (χ1) is 13.3. The van der Waals surface area contributed by atoms with Gasteiger partial charge < -0.3 is 5.11 Å². The molecule has 1 unspecified atom stereocenters. The van der Waals surface area contributed by atoms with E-state index in [1.54, 1.807) is 0 Å². The number of nitrogens with zero attached hydrogens (tertiary/aromatic N) is 3. The number of aliphatic hydroxyl groups is 1. The molecule has 0 aromatic heterocycles. The summed E-state index contributed by atoms with van der Waals surface area (Å²) in [6.07, 6.45) is 0.774. The van der Waals surface area contributed by atoms with E-state index in [1.165, 1.54) is 11.1 Å². The van der Waals surface area contributed by atoms with Gasteiger partial charge in [0, 0.05) is 58.4 Å². The minimum atomic E-state index is -0.142. The van der Waals surface area contributed by atoms with Crippen molar-refractivity contribution in [3.63, 3.8) is 0 Å². The van der Waals surface area contributed by atoms with Gasteiger partial charge >= 0.3 is 0 Å². The van der Waals surface area contributed by atoms with Crippen LogP contribution in [0.25, 0.3) is 0 Å². The number of rotatable bonds is 6. The zero-order chi connectivity index (χ0) is 18.5. The minimum absolute atomic E-state index is 0.142. The summed E-state index contributed by atoms with van der Waals surface area (Å²) < 4.78 is 0. The Morgan fingerprint density at radius 1 is 0.741 bits per heavy atom. The number of β-amino-alcohol motifs (C(OH)–C–C–N with tert-alkyl or cyclic N) is 1. The van der Waals surface area contributed by atoms with E-state index >= 15 is 0 Å². The highest BCUT2D eigenvalue weighted by Crippen LogP contribution is 2.19. The van der Waals surface area contributed by atoms with Gasteiger partial charge in [0.1, 0.15) is 0 Å². The lowest BCUT2D eigenvalue weighted by atomic mass is 10.1. The van der Waals surface area contributed by atoms with E-state index in [9.17, 15) is 5.11 Å². The molecule has 144 valence electrons. The fourth-order valence-electron chi connectivity index (χ4n) is 4.42. The number of benzene rings is 2. The van der Waals surface area contributed by atoms with Crippen molar-refractivity contribution >= 4 is 0 Å². The van der Waals surface area contributed by atoms with Crippen LogP contribution in [0.5, 0.6) is 0 Å². The van der Waals surface area contributed by atoms with Crippen LogP contribution in [-0.4, -0.2) is 71.2 Å². The molecule has 1 N–H and O–H groups in total. The predicted octanol–water partition coefficient (Wildman–Crippen LogP) is 2.44. The van der Waals surface area contributed by atoms with Crippen LogP contribution in [0.4, 0.5) is 0 Å². The lowest BCUT2D eigenvalue weighted by Crippen LogP contribution is -2.56. The van der Waals surface area contributed by atoms with Crippen LogP contribution < -0.4 is 0 Å². The average Bonchev–Trinajstić information content (AvgIpc) is 3.10. The van der Waals surface area contributed by atoms with Gasteiger partial charge in [-0.05, 0) is 17.5 Å². The maximum atomic E-state index is 9.91. The molecule has 2 aromatic rings. The summed E-state index contributed by atoms with van der Waals surface area (Å²) in [5, 5.41) is 9.91. The molecule has 2 aliphatic rings. The van der Waals surface area contributed by atoms with Crippen molar-refractivity contribution in [1.29, 1.82) is 0 Å². The monoisotopic (exact) mass is 365 g/mol. The lowest BCUT2D eigenvalue weighted by molar-refractivity contribution is 0.0436. The molecule has 27 heavy (non-hydrogen) atoms. The summed E-state index contributed by atoms with van der Waals surface area (Å²) in [5.41, 5.74) is 2.78. The summed E-state index contributed by atoms with van der Waals surface area (Å²) in [6.45, 7) is 8.25. The number of hydrogen-bond acceptors (Lipinski definition) is 4. The zero-order valence-corrected chi connectivity index (χ0v) is 16.1. The lowest BCUT2D eigenvalue weighted by Gasteiger charge is -2.43. The van der Waals surface area contributed by atoms with E-state index in [0.29, 0.717) is 6.04 Å². The Bertz CT molecular complexity index is 693. The molecule has 2 fully saturated rings. The van der Waals surface area contributed by atoms with Crippen LogP contribution in [0.15, 0.2) is 60.7 Å². The molecular formula is C23H31N3O. The van der Waals surface area contributed by atoms with Gasteiger partial charge in [-0.25, -0.2) is 0 Å². The van der Waals surface area contributed by atoms with Crippen molar-refractivity contribution in [3.8, 4) is 0 Å². The molecule has 2 aromatic carbocycles. The van der Waals surface area contributed by atoms with Crippen LogP contribution >= 0.6 is 0 Å². The molecule has 2 aliphatic heterocycles. The number of likely N-dealkylation sites (tertiary alicyclic amines) is 1. The highest BCUT2D eigenvalue weighted by molar-refractivity contribution is 5.16. The van der Waals surface area contributed by atoms with Crippen LogP contribution in [-0.2, 0) is 13.1 Å². The standard InChI is InChI=1S/C23H31N3O/c27-23-11-12-24(19-23)17-22-18-25(15-20-7-3-1-4-8-20)13-14-26(22)16-21-9-5-2-6-10-21/h1-10,22-23,27H,11-19H2/t22?,23-/m0/s1. The minimum Gasteiger partial charge on any atom is -0.392 e. The molecule has 0 amide bonds. The van der Waals surface area contributed by atoms with Crippen molar-refractivity contribution in [2.45, 2.75) is 31.7 Å². The summed E-state index contributed by atoms with van der Waals surface area (Å²) in [7, 11) is 0. The van der Waals surface area contributed by atoms with Crippen LogP contribution in [0.2, 0.25) is 0 Å². The Labute approximate surface area is 163 Å². The van der Waals surface area contributed by atoms with Gasteiger partial charge in [-0.3, -0.25) is 14.7 Å². The first-order valence-electron chi connectivity index (χ1n) is 10.2. The number of aliphatic hydroxyl groups excluding tert-OH is 1. The quantitative estimate of drug-likeness (QED) is 0.852. The predicted molar refractivity (Wildman–Crippen MR) is 109 cm³/mol. The van der Waals surface area contributed by atoms with Crippen molar-refractivity contribution < 1.29 is 5.11 Å². The summed E-state index contributed by atoms with van der Waals surface area (Å²) in [6, 6.07) is 22.1. The Morgan fingerprint density at radius 3 is 2.04 bits per heavy atom. The van der Waals surface area contributed by atoms with Crippen molar-refractivity contribution in [2.75, 3.05) is 39.3 Å². The summed E-state index contributed by atoms with van der Waals surface area (Å²) in [4.78, 5) is 7.68. The molecule has 0 bridgehead atoms. The fourth-order valence-corrected chi connectivity index (χ4v) is 4.42. The van der Waals surface area contributed by atoms with E-state index < -0.39 is 0 Å². The van der Waals surface area contributed by atoms with Gasteiger partial charge in [0.25, 0.3) is 0 Å². The van der Waals surface area contributed by atoms with Crippen LogP contribution in [0.3, 0.4) is 0 Å². The zero-order valence-electron chi connectivity index (χ0n) is 16.1. The molecular weight excluding hydrogens is 334 g/mol. The second-order valence-corrected chi connectivity index (χ2v) is 8.03. The molecule has 2 saturated heterocycles. The topological polar surface area (TPSA) is 30.0 Å². The number of piperazine rings is 1. The SMILES string of the molecule is O[C@H]1CCN(CC2CN(Cc3ccccc3)CCN2Cc2ccccc2)C1. The second-order valence-electron chi connectivity index (χ2n) is 8.03. The average molecular weight is 366 g/mol. The van der Waals surface area contributed by atoms with Crippen molar-refractivity contribution in [2.24, 2.45) is 0 Å². The molecule has 2 heterocycles. The third kappa shape index (κ3) is 5.17. The molecule has 0 radical (unpaired) electrons. The fraction of sp³-hybridized carbons (Fsp3) is 0.478. The summed E-state index contributed by atoms with van der Waals surface area (Å²) in [5.74, 6) is 0. The van der Waals surface area contributed by atoms with Crippen LogP contribution in [0.1, 0.15) is 17.5 Å². The summed E-state index contributed by atoms with van der Waals surface area (Å²) >= 11 is 0. The molecule has 0 saturated carbocycles. The van der Waals surface area contributed by atoms with E-state index in [2.05, 4.69) is 75.4 Å². The number of hydrogen-bond donors (Lipinski definition) is 1. The second kappa shape index (κ2) is 8.98. The molecule has 4 heteroatoms. The maximum Gasteiger partial charge on any atom is 0.0679 e. The van der Waals surface area contributed by atoms with Gasteiger partial charge in [0.05, 0.1) is 6.10 Å². The molecule has 4 nitrogen and oxygen atoms in total. The third-order valence-corrected chi connectivity index (χ3v) is 5.88.